The average Bonchev–Trinajstić information content (AvgIpc) is 3.40. The number of esters is 1. The molecule has 3 aromatic rings. The van der Waals surface area contributed by atoms with Crippen LogP contribution in [0.15, 0.2) is 40.4 Å². The van der Waals surface area contributed by atoms with Crippen molar-refractivity contribution in [1.82, 2.24) is 10.1 Å². The Morgan fingerprint density at radius 3 is 2.83 bits per heavy atom. The number of ether oxygens (including phenoxy) is 1. The number of hydrogen-bond acceptors (Lipinski definition) is 7. The van der Waals surface area contributed by atoms with Crippen LogP contribution < -0.4 is 4.90 Å². The van der Waals surface area contributed by atoms with Gasteiger partial charge in [-0.05, 0) is 31.9 Å². The maximum Gasteiger partial charge on any atom is 0.312 e. The van der Waals surface area contributed by atoms with E-state index >= 15 is 0 Å². The lowest BCUT2D eigenvalue weighted by Gasteiger charge is -2.33. The molecular weight excluding hydrogens is 390 g/mol. The zero-order chi connectivity index (χ0) is 20.2. The minimum absolute atomic E-state index is 0.0463. The number of fused-ring (bicyclic) bond motifs is 1. The molecule has 0 spiro atoms. The van der Waals surface area contributed by atoms with Crippen LogP contribution in [0.25, 0.3) is 11.0 Å². The van der Waals surface area contributed by atoms with E-state index in [1.807, 2.05) is 23.6 Å². The maximum atomic E-state index is 13.2. The van der Waals surface area contributed by atoms with Gasteiger partial charge in [-0.1, -0.05) is 36.6 Å². The van der Waals surface area contributed by atoms with Crippen molar-refractivity contribution in [3.63, 3.8) is 0 Å². The summed E-state index contributed by atoms with van der Waals surface area (Å²) in [6.45, 7) is 1.62. The summed E-state index contributed by atoms with van der Waals surface area (Å²) in [5.74, 6) is -0.738. The van der Waals surface area contributed by atoms with E-state index in [1.165, 1.54) is 17.8 Å². The summed E-state index contributed by atoms with van der Waals surface area (Å²) in [6.07, 6.45) is 6.00. The summed E-state index contributed by atoms with van der Waals surface area (Å²) in [4.78, 5) is 31.7. The molecular formula is C21H23N3O4S. The van der Waals surface area contributed by atoms with Crippen molar-refractivity contribution in [3.8, 4) is 0 Å². The molecule has 1 unspecified atom stereocenters. The number of para-hydroxylation sites is 1. The van der Waals surface area contributed by atoms with Gasteiger partial charge in [-0.3, -0.25) is 14.5 Å². The predicted molar refractivity (Wildman–Crippen MR) is 110 cm³/mol. The Hall–Kier alpha value is -2.74. The van der Waals surface area contributed by atoms with Crippen molar-refractivity contribution in [2.75, 3.05) is 4.90 Å². The maximum absolute atomic E-state index is 13.2. The van der Waals surface area contributed by atoms with Crippen molar-refractivity contribution in [3.05, 3.63) is 41.5 Å². The molecule has 2 aromatic heterocycles. The van der Waals surface area contributed by atoms with Gasteiger partial charge in [-0.2, -0.15) is 0 Å². The molecule has 4 rings (SSSR count). The number of nitrogens with zero attached hydrogens (tertiary/aromatic N) is 3. The fourth-order valence-corrected chi connectivity index (χ4v) is 4.51. The normalized spacial score (nSPS) is 15.9. The van der Waals surface area contributed by atoms with E-state index in [0.29, 0.717) is 16.4 Å². The van der Waals surface area contributed by atoms with Gasteiger partial charge in [0.25, 0.3) is 5.91 Å². The number of carbonyl (C=O) groups excluding carboxylic acids is 2. The van der Waals surface area contributed by atoms with E-state index in [0.717, 1.165) is 31.1 Å². The minimum Gasteiger partial charge on any atom is -0.452 e. The van der Waals surface area contributed by atoms with Crippen molar-refractivity contribution >= 4 is 39.3 Å². The fourth-order valence-electron chi connectivity index (χ4n) is 3.79. The Balaban J connectivity index is 1.45. The molecule has 2 heterocycles. The molecule has 0 bridgehead atoms. The highest BCUT2D eigenvalue weighted by Gasteiger charge is 2.33. The number of aromatic nitrogens is 2. The second kappa shape index (κ2) is 8.73. The summed E-state index contributed by atoms with van der Waals surface area (Å²) in [5.41, 5.74) is 1.13. The highest BCUT2D eigenvalue weighted by Crippen LogP contribution is 2.29. The number of hydrogen-bond donors (Lipinski definition) is 0. The molecule has 0 N–H and O–H groups in total. The lowest BCUT2D eigenvalue weighted by Crippen LogP contribution is -2.47. The lowest BCUT2D eigenvalue weighted by atomic mass is 9.94. The number of amides is 1. The molecule has 1 saturated carbocycles. The third-order valence-electron chi connectivity index (χ3n) is 5.22. The van der Waals surface area contributed by atoms with Gasteiger partial charge in [0.1, 0.15) is 5.69 Å². The van der Waals surface area contributed by atoms with Crippen molar-refractivity contribution < 1.29 is 18.8 Å². The largest absolute Gasteiger partial charge is 0.452 e. The standard InChI is InChI=1S/C21H23N3O4S/c1-14(27-19(25)13-17-16-9-5-6-10-18(16)28-23-17)20(26)24(21-22-11-12-29-21)15-7-3-2-4-8-15/h5-6,9-12,14-15H,2-4,7-8,13H2,1H3. The van der Waals surface area contributed by atoms with E-state index in [4.69, 9.17) is 9.26 Å². The van der Waals surface area contributed by atoms with E-state index in [-0.39, 0.29) is 18.4 Å². The molecule has 1 aliphatic rings. The minimum atomic E-state index is -0.897. The quantitative estimate of drug-likeness (QED) is 0.565. The first-order valence-electron chi connectivity index (χ1n) is 9.89. The highest BCUT2D eigenvalue weighted by atomic mass is 32.1. The molecule has 1 fully saturated rings. The Labute approximate surface area is 172 Å². The summed E-state index contributed by atoms with van der Waals surface area (Å²) in [6, 6.07) is 7.43. The Kier molecular flexibility index (Phi) is 5.89. The number of benzene rings is 1. The van der Waals surface area contributed by atoms with Gasteiger partial charge in [0.2, 0.25) is 0 Å². The van der Waals surface area contributed by atoms with Gasteiger partial charge < -0.3 is 9.26 Å². The number of carbonyl (C=O) groups is 2. The summed E-state index contributed by atoms with van der Waals surface area (Å²) < 4.78 is 10.7. The molecule has 0 radical (unpaired) electrons. The zero-order valence-electron chi connectivity index (χ0n) is 16.2. The Morgan fingerprint density at radius 1 is 1.28 bits per heavy atom. The van der Waals surface area contributed by atoms with Crippen LogP contribution >= 0.6 is 11.3 Å². The molecule has 1 atom stereocenters. The van der Waals surface area contributed by atoms with E-state index < -0.39 is 12.1 Å². The van der Waals surface area contributed by atoms with E-state index in [9.17, 15) is 9.59 Å². The van der Waals surface area contributed by atoms with Crippen LogP contribution in [0.2, 0.25) is 0 Å². The first-order valence-corrected chi connectivity index (χ1v) is 10.8. The third kappa shape index (κ3) is 4.32. The highest BCUT2D eigenvalue weighted by molar-refractivity contribution is 7.13. The summed E-state index contributed by atoms with van der Waals surface area (Å²) in [7, 11) is 0. The Morgan fingerprint density at radius 2 is 2.07 bits per heavy atom. The lowest BCUT2D eigenvalue weighted by molar-refractivity contribution is -0.153. The van der Waals surface area contributed by atoms with Crippen LogP contribution in [0.1, 0.15) is 44.7 Å². The van der Waals surface area contributed by atoms with Gasteiger partial charge in [-0.25, -0.2) is 4.98 Å². The molecule has 29 heavy (non-hydrogen) atoms. The van der Waals surface area contributed by atoms with E-state index in [2.05, 4.69) is 10.1 Å². The smallest absolute Gasteiger partial charge is 0.312 e. The van der Waals surface area contributed by atoms with Gasteiger partial charge in [0.05, 0.1) is 6.42 Å². The van der Waals surface area contributed by atoms with Gasteiger partial charge in [0.15, 0.2) is 16.8 Å². The predicted octanol–water partition coefficient (Wildman–Crippen LogP) is 4.12. The molecule has 152 valence electrons. The van der Waals surface area contributed by atoms with Crippen LogP contribution in [0.4, 0.5) is 5.13 Å². The average molecular weight is 413 g/mol. The van der Waals surface area contributed by atoms with Gasteiger partial charge in [0, 0.05) is 23.0 Å². The first kappa shape index (κ1) is 19.6. The zero-order valence-corrected chi connectivity index (χ0v) is 17.1. The summed E-state index contributed by atoms with van der Waals surface area (Å²) >= 11 is 1.43. The van der Waals surface area contributed by atoms with Gasteiger partial charge in [-0.15, -0.1) is 11.3 Å². The molecule has 1 aliphatic carbocycles. The second-order valence-corrected chi connectivity index (χ2v) is 8.12. The number of rotatable bonds is 6. The number of anilines is 1. The molecule has 0 saturated heterocycles. The van der Waals surface area contributed by atoms with E-state index in [1.54, 1.807) is 24.1 Å². The monoisotopic (exact) mass is 413 g/mol. The van der Waals surface area contributed by atoms with Crippen LogP contribution in [0.3, 0.4) is 0 Å². The Bertz CT molecular complexity index is 979. The molecule has 1 aromatic carbocycles. The van der Waals surface area contributed by atoms with Crippen LogP contribution in [-0.2, 0) is 20.7 Å². The molecule has 0 aliphatic heterocycles. The second-order valence-electron chi connectivity index (χ2n) is 7.25. The molecule has 8 heteroatoms. The van der Waals surface area contributed by atoms with Crippen molar-refractivity contribution in [1.29, 1.82) is 0 Å². The van der Waals surface area contributed by atoms with Crippen LogP contribution in [0.5, 0.6) is 0 Å². The topological polar surface area (TPSA) is 85.5 Å². The molecule has 1 amide bonds. The number of thiazole rings is 1. The van der Waals surface area contributed by atoms with Crippen LogP contribution in [-0.4, -0.2) is 34.2 Å². The molecule has 7 nitrogen and oxygen atoms in total. The first-order chi connectivity index (χ1) is 14.1. The fraction of sp³-hybridized carbons (Fsp3) is 0.429. The SMILES string of the molecule is CC(OC(=O)Cc1noc2ccccc12)C(=O)N(c1nccs1)C1CCCCC1. The summed E-state index contributed by atoms with van der Waals surface area (Å²) in [5, 5.41) is 7.24. The van der Waals surface area contributed by atoms with Crippen LogP contribution in [0, 0.1) is 0 Å². The van der Waals surface area contributed by atoms with Crippen molar-refractivity contribution in [2.45, 2.75) is 57.6 Å². The third-order valence-corrected chi connectivity index (χ3v) is 5.99. The van der Waals surface area contributed by atoms with Gasteiger partial charge >= 0.3 is 5.97 Å². The van der Waals surface area contributed by atoms with Crippen molar-refractivity contribution in [2.24, 2.45) is 0 Å².